The molecule has 1 aliphatic carbocycles. The highest BCUT2D eigenvalue weighted by Gasteiger charge is 2.28. The molecule has 0 unspecified atom stereocenters. The van der Waals surface area contributed by atoms with Crippen molar-refractivity contribution in [3.05, 3.63) is 0 Å². The minimum Gasteiger partial charge on any atom is -0.396 e. The van der Waals surface area contributed by atoms with Gasteiger partial charge in [0.25, 0.3) is 0 Å². The molecule has 58 valence electrons. The fourth-order valence-corrected chi connectivity index (χ4v) is 1.02. The first kappa shape index (κ1) is 7.73. The van der Waals surface area contributed by atoms with Crippen LogP contribution in [0.15, 0.2) is 0 Å². The lowest BCUT2D eigenvalue weighted by atomic mass is 10.1. The Labute approximate surface area is 61.2 Å². The molecule has 0 heterocycles. The summed E-state index contributed by atoms with van der Waals surface area (Å²) in [4.78, 5) is 11.0. The number of aliphatic hydroxyl groups is 1. The molecule has 1 aliphatic rings. The van der Waals surface area contributed by atoms with Gasteiger partial charge in [-0.05, 0) is 25.7 Å². The molecule has 0 bridgehead atoms. The Bertz CT molecular complexity index is 116. The van der Waals surface area contributed by atoms with E-state index in [-0.39, 0.29) is 6.61 Å². The van der Waals surface area contributed by atoms with Crippen LogP contribution in [0.3, 0.4) is 0 Å². The normalized spacial score (nSPS) is 17.3. The molecule has 0 radical (unpaired) electrons. The van der Waals surface area contributed by atoms with Gasteiger partial charge in [-0.1, -0.05) is 0 Å². The van der Waals surface area contributed by atoms with E-state index in [1.165, 1.54) is 0 Å². The minimum atomic E-state index is 0.220. The summed E-state index contributed by atoms with van der Waals surface area (Å²) in [6.45, 7) is 0.220. The molecule has 1 saturated carbocycles. The number of rotatable bonds is 5. The summed E-state index contributed by atoms with van der Waals surface area (Å²) < 4.78 is 0. The molecule has 0 aromatic carbocycles. The van der Waals surface area contributed by atoms with Gasteiger partial charge in [0.2, 0.25) is 0 Å². The molecular weight excluding hydrogens is 128 g/mol. The molecule has 0 amide bonds. The van der Waals surface area contributed by atoms with Crippen LogP contribution >= 0.6 is 0 Å². The van der Waals surface area contributed by atoms with E-state index in [0.29, 0.717) is 18.1 Å². The van der Waals surface area contributed by atoms with E-state index in [2.05, 4.69) is 0 Å². The lowest BCUT2D eigenvalue weighted by Crippen LogP contribution is -1.99. The highest BCUT2D eigenvalue weighted by molar-refractivity contribution is 5.82. The average molecular weight is 142 g/mol. The molecule has 1 fully saturated rings. The van der Waals surface area contributed by atoms with E-state index in [9.17, 15) is 4.79 Å². The van der Waals surface area contributed by atoms with Crippen LogP contribution in [0.25, 0.3) is 0 Å². The summed E-state index contributed by atoms with van der Waals surface area (Å²) in [6.07, 6.45) is 4.55. The molecule has 2 nitrogen and oxygen atoms in total. The largest absolute Gasteiger partial charge is 0.396 e. The van der Waals surface area contributed by atoms with Crippen LogP contribution in [-0.2, 0) is 4.79 Å². The maximum atomic E-state index is 11.0. The van der Waals surface area contributed by atoms with Crippen molar-refractivity contribution in [3.8, 4) is 0 Å². The molecule has 0 spiro atoms. The van der Waals surface area contributed by atoms with Crippen molar-refractivity contribution in [2.24, 2.45) is 5.92 Å². The molecule has 0 saturated heterocycles. The zero-order valence-electron chi connectivity index (χ0n) is 6.18. The molecule has 1 N–H and O–H groups in total. The van der Waals surface area contributed by atoms with Gasteiger partial charge in [-0.25, -0.2) is 0 Å². The number of carbonyl (C=O) groups excluding carboxylic acids is 1. The van der Waals surface area contributed by atoms with Crippen molar-refractivity contribution in [3.63, 3.8) is 0 Å². The quantitative estimate of drug-likeness (QED) is 0.584. The Hall–Kier alpha value is -0.370. The highest BCUT2D eigenvalue weighted by atomic mass is 16.2. The fraction of sp³-hybridized carbons (Fsp3) is 0.875. The van der Waals surface area contributed by atoms with E-state index >= 15 is 0 Å². The fourth-order valence-electron chi connectivity index (χ4n) is 1.02. The molecule has 2 heteroatoms. The molecule has 0 aliphatic heterocycles. The van der Waals surface area contributed by atoms with E-state index in [1.54, 1.807) is 0 Å². The van der Waals surface area contributed by atoms with Gasteiger partial charge in [0.05, 0.1) is 0 Å². The second kappa shape index (κ2) is 3.71. The Morgan fingerprint density at radius 3 is 2.60 bits per heavy atom. The molecule has 10 heavy (non-hydrogen) atoms. The maximum Gasteiger partial charge on any atom is 0.135 e. The predicted octanol–water partition coefficient (Wildman–Crippen LogP) is 1.13. The summed E-state index contributed by atoms with van der Waals surface area (Å²) in [5.74, 6) is 0.812. The van der Waals surface area contributed by atoms with Crippen LogP contribution in [0.4, 0.5) is 0 Å². The Morgan fingerprint density at radius 1 is 1.40 bits per heavy atom. The van der Waals surface area contributed by atoms with Gasteiger partial charge >= 0.3 is 0 Å². The summed E-state index contributed by atoms with van der Waals surface area (Å²) >= 11 is 0. The number of carbonyl (C=O) groups is 1. The van der Waals surface area contributed by atoms with E-state index < -0.39 is 0 Å². The van der Waals surface area contributed by atoms with Crippen LogP contribution in [0, 0.1) is 5.92 Å². The molecular formula is C8H14O2. The minimum absolute atomic E-state index is 0.220. The first-order valence-electron chi connectivity index (χ1n) is 3.98. The van der Waals surface area contributed by atoms with Crippen LogP contribution in [0.5, 0.6) is 0 Å². The summed E-state index contributed by atoms with van der Waals surface area (Å²) in [5.41, 5.74) is 0. The van der Waals surface area contributed by atoms with Gasteiger partial charge < -0.3 is 5.11 Å². The number of ketones is 1. The van der Waals surface area contributed by atoms with Crippen LogP contribution in [-0.4, -0.2) is 17.5 Å². The van der Waals surface area contributed by atoms with Crippen molar-refractivity contribution in [1.82, 2.24) is 0 Å². The van der Waals surface area contributed by atoms with Gasteiger partial charge in [0.15, 0.2) is 0 Å². The number of unbranched alkanes of at least 4 members (excludes halogenated alkanes) is 1. The van der Waals surface area contributed by atoms with Crippen LogP contribution in [0.2, 0.25) is 0 Å². The SMILES string of the molecule is O=C(CCCCO)C1CC1. The van der Waals surface area contributed by atoms with Gasteiger partial charge in [-0.15, -0.1) is 0 Å². The third kappa shape index (κ3) is 2.48. The van der Waals surface area contributed by atoms with Crippen LogP contribution in [0.1, 0.15) is 32.1 Å². The topological polar surface area (TPSA) is 37.3 Å². The smallest absolute Gasteiger partial charge is 0.135 e. The monoisotopic (exact) mass is 142 g/mol. The van der Waals surface area contributed by atoms with E-state index in [1.807, 2.05) is 0 Å². The third-order valence-corrected chi connectivity index (χ3v) is 1.86. The Morgan fingerprint density at radius 2 is 2.10 bits per heavy atom. The van der Waals surface area contributed by atoms with Gasteiger partial charge in [0, 0.05) is 18.9 Å². The second-order valence-corrected chi connectivity index (χ2v) is 2.92. The molecule has 0 aromatic rings. The number of hydrogen-bond donors (Lipinski definition) is 1. The van der Waals surface area contributed by atoms with Crippen molar-refractivity contribution < 1.29 is 9.90 Å². The first-order valence-corrected chi connectivity index (χ1v) is 3.98. The molecule has 0 atom stereocenters. The van der Waals surface area contributed by atoms with Crippen LogP contribution < -0.4 is 0 Å². The van der Waals surface area contributed by atoms with Gasteiger partial charge in [-0.2, -0.15) is 0 Å². The summed E-state index contributed by atoms with van der Waals surface area (Å²) in [5, 5.41) is 8.42. The summed E-state index contributed by atoms with van der Waals surface area (Å²) in [6, 6.07) is 0. The standard InChI is InChI=1S/C8H14O2/c9-6-2-1-3-8(10)7-4-5-7/h7,9H,1-6H2. The number of Topliss-reactive ketones (excluding diaryl/α,β-unsaturated/α-hetero) is 1. The van der Waals surface area contributed by atoms with Gasteiger partial charge in [0.1, 0.15) is 5.78 Å². The van der Waals surface area contributed by atoms with E-state index in [4.69, 9.17) is 5.11 Å². The zero-order valence-corrected chi connectivity index (χ0v) is 6.18. The second-order valence-electron chi connectivity index (χ2n) is 2.92. The molecule has 0 aromatic heterocycles. The Kier molecular flexibility index (Phi) is 2.87. The van der Waals surface area contributed by atoms with E-state index in [0.717, 1.165) is 25.7 Å². The maximum absolute atomic E-state index is 11.0. The first-order chi connectivity index (χ1) is 4.84. The number of hydrogen-bond acceptors (Lipinski definition) is 2. The third-order valence-electron chi connectivity index (χ3n) is 1.86. The predicted molar refractivity (Wildman–Crippen MR) is 38.7 cm³/mol. The molecule has 1 rings (SSSR count). The Balaban J connectivity index is 1.95. The van der Waals surface area contributed by atoms with Crippen molar-refractivity contribution in [2.45, 2.75) is 32.1 Å². The highest BCUT2D eigenvalue weighted by Crippen LogP contribution is 2.31. The van der Waals surface area contributed by atoms with Crippen molar-refractivity contribution >= 4 is 5.78 Å². The van der Waals surface area contributed by atoms with Crippen molar-refractivity contribution in [2.75, 3.05) is 6.61 Å². The summed E-state index contributed by atoms with van der Waals surface area (Å²) in [7, 11) is 0. The zero-order chi connectivity index (χ0) is 7.40. The number of aliphatic hydroxyl groups excluding tert-OH is 1. The van der Waals surface area contributed by atoms with Crippen molar-refractivity contribution in [1.29, 1.82) is 0 Å². The van der Waals surface area contributed by atoms with Gasteiger partial charge in [-0.3, -0.25) is 4.79 Å². The lowest BCUT2D eigenvalue weighted by molar-refractivity contribution is -0.120. The average Bonchev–Trinajstić information content (AvgIpc) is 2.69. The lowest BCUT2D eigenvalue weighted by Gasteiger charge is -1.95.